The third-order valence-electron chi connectivity index (χ3n) is 4.35. The maximum absolute atomic E-state index is 14.8. The van der Waals surface area contributed by atoms with E-state index in [0.29, 0.717) is 41.4 Å². The van der Waals surface area contributed by atoms with Crippen molar-refractivity contribution in [1.29, 1.82) is 0 Å². The molecule has 0 unspecified atom stereocenters. The van der Waals surface area contributed by atoms with Crippen molar-refractivity contribution in [3.8, 4) is 22.9 Å². The van der Waals surface area contributed by atoms with Crippen LogP contribution in [0.4, 0.5) is 4.39 Å². The highest BCUT2D eigenvalue weighted by atomic mass is 32.2. The van der Waals surface area contributed by atoms with Crippen LogP contribution in [0, 0.1) is 12.7 Å². The van der Waals surface area contributed by atoms with Gasteiger partial charge in [-0.15, -0.1) is 11.8 Å². The van der Waals surface area contributed by atoms with Crippen molar-refractivity contribution >= 4 is 22.5 Å². The molecule has 1 heterocycles. The van der Waals surface area contributed by atoms with Crippen LogP contribution in [0.5, 0.6) is 11.5 Å². The van der Waals surface area contributed by atoms with Gasteiger partial charge in [0.05, 0.1) is 18.9 Å². The van der Waals surface area contributed by atoms with Crippen LogP contribution in [0.15, 0.2) is 50.9 Å². The largest absolute Gasteiger partial charge is 0.505 e. The van der Waals surface area contributed by atoms with Gasteiger partial charge in [-0.1, -0.05) is 29.4 Å². The molecule has 0 atom stereocenters. The molecule has 0 bridgehead atoms. The minimum Gasteiger partial charge on any atom is -0.505 e. The van der Waals surface area contributed by atoms with Crippen LogP contribution in [0.3, 0.4) is 0 Å². The smallest absolute Gasteiger partial charge is 0.223 e. The first-order chi connectivity index (χ1) is 15.0. The van der Waals surface area contributed by atoms with Gasteiger partial charge >= 0.3 is 0 Å². The number of aliphatic imine (C=N–C) groups is 2. The van der Waals surface area contributed by atoms with Gasteiger partial charge in [0.25, 0.3) is 0 Å². The van der Waals surface area contributed by atoms with Crippen molar-refractivity contribution in [2.24, 2.45) is 9.98 Å². The molecule has 9 heteroatoms. The van der Waals surface area contributed by atoms with Crippen LogP contribution in [0.2, 0.25) is 0 Å². The summed E-state index contributed by atoms with van der Waals surface area (Å²) < 4.78 is 25.3. The van der Waals surface area contributed by atoms with Gasteiger partial charge in [0.1, 0.15) is 10.8 Å². The van der Waals surface area contributed by atoms with Gasteiger partial charge in [0.15, 0.2) is 11.6 Å². The van der Waals surface area contributed by atoms with Crippen molar-refractivity contribution < 1.29 is 18.8 Å². The first-order valence-corrected chi connectivity index (χ1v) is 10.8. The molecule has 2 aromatic carbocycles. The Kier molecular flexibility index (Phi) is 7.41. The van der Waals surface area contributed by atoms with E-state index in [9.17, 15) is 9.50 Å². The topological polar surface area (TPSA) is 93.1 Å². The quantitative estimate of drug-likeness (QED) is 0.422. The highest BCUT2D eigenvalue weighted by Crippen LogP contribution is 2.28. The number of ether oxygens (including phenoxy) is 1. The molecule has 0 fully saturated rings. The number of halogens is 1. The summed E-state index contributed by atoms with van der Waals surface area (Å²) in [6, 6.07) is 10.3. The molecular formula is C22H23FN4O3S. The summed E-state index contributed by atoms with van der Waals surface area (Å²) in [5.41, 5.74) is 2.22. The number of rotatable bonds is 7. The van der Waals surface area contributed by atoms with E-state index in [4.69, 9.17) is 9.26 Å². The molecule has 0 aliphatic heterocycles. The lowest BCUT2D eigenvalue weighted by Crippen LogP contribution is -2.15. The van der Waals surface area contributed by atoms with Crippen LogP contribution in [-0.4, -0.2) is 45.9 Å². The molecular weight excluding hydrogens is 419 g/mol. The summed E-state index contributed by atoms with van der Waals surface area (Å²) in [6.45, 7) is 4.23. The molecule has 0 saturated carbocycles. The zero-order chi connectivity index (χ0) is 22.4. The predicted octanol–water partition coefficient (Wildman–Crippen LogP) is 4.67. The van der Waals surface area contributed by atoms with Crippen LogP contribution < -0.4 is 4.74 Å². The summed E-state index contributed by atoms with van der Waals surface area (Å²) >= 11 is 1.35. The zero-order valence-electron chi connectivity index (χ0n) is 17.7. The summed E-state index contributed by atoms with van der Waals surface area (Å²) in [5, 5.41) is 14.5. The number of aromatic nitrogens is 2. The van der Waals surface area contributed by atoms with Crippen LogP contribution in [-0.2, 0) is 6.54 Å². The predicted molar refractivity (Wildman–Crippen MR) is 121 cm³/mol. The highest BCUT2D eigenvalue weighted by molar-refractivity contribution is 8.15. The molecule has 3 aromatic rings. The fourth-order valence-electron chi connectivity index (χ4n) is 2.91. The number of hydrogen-bond donors (Lipinski definition) is 1. The molecule has 0 spiro atoms. The van der Waals surface area contributed by atoms with Gasteiger partial charge in [0, 0.05) is 31.2 Å². The van der Waals surface area contributed by atoms with E-state index in [1.54, 1.807) is 14.0 Å². The Balaban J connectivity index is 1.95. The monoisotopic (exact) mass is 442 g/mol. The normalized spacial score (nSPS) is 12.3. The second-order valence-corrected chi connectivity index (χ2v) is 7.26. The van der Waals surface area contributed by atoms with Crippen molar-refractivity contribution in [1.82, 2.24) is 10.1 Å². The number of benzene rings is 2. The number of aryl methyl sites for hydroxylation is 1. The van der Waals surface area contributed by atoms with Crippen LogP contribution >= 0.6 is 11.8 Å². The van der Waals surface area contributed by atoms with Gasteiger partial charge in [-0.05, 0) is 24.8 Å². The fraction of sp³-hybridized carbons (Fsp3) is 0.273. The van der Waals surface area contributed by atoms with Gasteiger partial charge in [-0.3, -0.25) is 9.98 Å². The standard InChI is InChI=1S/C22H23FN4O3S/c1-5-29-16-10-17(19(23)18(28)11-16)20(22(24-3)31-4)25-12-14-6-8-15(9-7-14)21-26-13(2)30-27-21/h6-11,28H,5,12H2,1-4H3. The SMILES string of the molecule is CCOc1cc(O)c(F)c(C(=NCc2ccc(-c3noc(C)n3)cc2)C(=NC)SC)c1. The number of phenolic OH excluding ortho intramolecular Hbond substituents is 1. The Bertz CT molecular complexity index is 1110. The molecule has 0 amide bonds. The van der Waals surface area contributed by atoms with Crippen LogP contribution in [0.1, 0.15) is 23.9 Å². The van der Waals surface area contributed by atoms with E-state index in [-0.39, 0.29) is 5.56 Å². The number of hydrogen-bond acceptors (Lipinski definition) is 8. The molecule has 3 rings (SSSR count). The third-order valence-corrected chi connectivity index (χ3v) is 5.11. The minimum absolute atomic E-state index is 0.136. The number of phenols is 1. The highest BCUT2D eigenvalue weighted by Gasteiger charge is 2.20. The van der Waals surface area contributed by atoms with Crippen molar-refractivity contribution in [2.75, 3.05) is 19.9 Å². The second-order valence-electron chi connectivity index (χ2n) is 6.47. The van der Waals surface area contributed by atoms with E-state index in [1.807, 2.05) is 37.4 Å². The Morgan fingerprint density at radius 3 is 2.58 bits per heavy atom. The van der Waals surface area contributed by atoms with E-state index in [0.717, 1.165) is 11.1 Å². The molecule has 7 nitrogen and oxygen atoms in total. The van der Waals surface area contributed by atoms with Crippen molar-refractivity contribution in [3.05, 3.63) is 59.2 Å². The summed E-state index contributed by atoms with van der Waals surface area (Å²) in [7, 11) is 1.62. The molecule has 0 radical (unpaired) electrons. The average Bonchev–Trinajstić information content (AvgIpc) is 3.20. The molecule has 1 aromatic heterocycles. The van der Waals surface area contributed by atoms with E-state index in [1.165, 1.54) is 23.9 Å². The molecule has 162 valence electrons. The lowest BCUT2D eigenvalue weighted by atomic mass is 10.1. The number of aromatic hydroxyl groups is 1. The first-order valence-electron chi connectivity index (χ1n) is 9.57. The summed E-state index contributed by atoms with van der Waals surface area (Å²) in [4.78, 5) is 13.1. The van der Waals surface area contributed by atoms with E-state index in [2.05, 4.69) is 20.1 Å². The van der Waals surface area contributed by atoms with Gasteiger partial charge in [-0.2, -0.15) is 4.98 Å². The Labute approximate surface area is 184 Å². The molecule has 31 heavy (non-hydrogen) atoms. The fourth-order valence-corrected chi connectivity index (χ4v) is 3.46. The third kappa shape index (κ3) is 5.29. The Hall–Kier alpha value is -3.20. The van der Waals surface area contributed by atoms with Gasteiger partial charge in [-0.25, -0.2) is 4.39 Å². The number of nitrogens with zero attached hydrogens (tertiary/aromatic N) is 4. The average molecular weight is 443 g/mol. The molecule has 0 saturated heterocycles. The zero-order valence-corrected chi connectivity index (χ0v) is 18.5. The first kappa shape index (κ1) is 22.5. The maximum atomic E-state index is 14.8. The van der Waals surface area contributed by atoms with Gasteiger partial charge in [0.2, 0.25) is 11.7 Å². The van der Waals surface area contributed by atoms with Crippen LogP contribution in [0.25, 0.3) is 11.4 Å². The van der Waals surface area contributed by atoms with Crippen molar-refractivity contribution in [3.63, 3.8) is 0 Å². The van der Waals surface area contributed by atoms with Gasteiger partial charge < -0.3 is 14.4 Å². The molecule has 1 N–H and O–H groups in total. The molecule has 0 aliphatic carbocycles. The van der Waals surface area contributed by atoms with E-state index < -0.39 is 11.6 Å². The Morgan fingerprint density at radius 1 is 1.26 bits per heavy atom. The van der Waals surface area contributed by atoms with E-state index >= 15 is 0 Å². The summed E-state index contributed by atoms with van der Waals surface area (Å²) in [5.74, 6) is 0.114. The minimum atomic E-state index is -0.764. The lowest BCUT2D eigenvalue weighted by molar-refractivity contribution is 0.335. The second kappa shape index (κ2) is 10.2. The molecule has 0 aliphatic rings. The lowest BCUT2D eigenvalue weighted by Gasteiger charge is -2.13. The summed E-state index contributed by atoms with van der Waals surface area (Å²) in [6.07, 6.45) is 1.84. The number of thioether (sulfide) groups is 1. The maximum Gasteiger partial charge on any atom is 0.223 e. The Morgan fingerprint density at radius 2 is 2.00 bits per heavy atom. The van der Waals surface area contributed by atoms with Crippen molar-refractivity contribution in [2.45, 2.75) is 20.4 Å².